The van der Waals surface area contributed by atoms with Crippen LogP contribution < -0.4 is 14.8 Å². The van der Waals surface area contributed by atoms with Gasteiger partial charge in [0.2, 0.25) is 0 Å². The number of nitrogens with zero attached hydrogens (tertiary/aromatic N) is 1. The van der Waals surface area contributed by atoms with Gasteiger partial charge in [-0.15, -0.1) is 11.3 Å². The van der Waals surface area contributed by atoms with Crippen molar-refractivity contribution in [3.8, 4) is 17.6 Å². The highest BCUT2D eigenvalue weighted by molar-refractivity contribution is 9.10. The monoisotopic (exact) mass is 492 g/mol. The minimum Gasteiger partial charge on any atom is -0.493 e. The van der Waals surface area contributed by atoms with Crippen LogP contribution in [0.1, 0.15) is 34.1 Å². The van der Waals surface area contributed by atoms with E-state index in [1.54, 1.807) is 18.2 Å². The predicted molar refractivity (Wildman–Crippen MR) is 119 cm³/mol. The van der Waals surface area contributed by atoms with Crippen LogP contribution in [0.25, 0.3) is 6.08 Å². The number of thiophene rings is 1. The van der Waals surface area contributed by atoms with Gasteiger partial charge in [0.1, 0.15) is 16.6 Å². The molecule has 0 saturated carbocycles. The number of methoxy groups -OCH3 is 3. The number of nitrogens with one attached hydrogen (secondary N) is 1. The van der Waals surface area contributed by atoms with Gasteiger partial charge in [-0.25, -0.2) is 4.79 Å². The van der Waals surface area contributed by atoms with Crippen molar-refractivity contribution in [2.24, 2.45) is 0 Å². The average molecular weight is 493 g/mol. The largest absolute Gasteiger partial charge is 0.493 e. The summed E-state index contributed by atoms with van der Waals surface area (Å²) in [6.45, 7) is 2.02. The Morgan fingerprint density at radius 1 is 1.20 bits per heavy atom. The van der Waals surface area contributed by atoms with E-state index in [1.807, 2.05) is 13.0 Å². The maximum Gasteiger partial charge on any atom is 0.340 e. The Kier molecular flexibility index (Phi) is 8.45. The molecule has 2 rings (SSSR count). The molecule has 0 unspecified atom stereocenters. The molecular formula is C21H21BrN2O5S. The molecule has 0 atom stereocenters. The summed E-state index contributed by atoms with van der Waals surface area (Å²) in [5, 5.41) is 12.5. The van der Waals surface area contributed by atoms with E-state index in [2.05, 4.69) is 21.2 Å². The molecule has 30 heavy (non-hydrogen) atoms. The summed E-state index contributed by atoms with van der Waals surface area (Å²) >= 11 is 4.69. The quantitative estimate of drug-likeness (QED) is 0.322. The molecule has 1 aromatic carbocycles. The molecule has 1 aromatic heterocycles. The molecule has 0 bridgehead atoms. The zero-order valence-electron chi connectivity index (χ0n) is 17.0. The first-order chi connectivity index (χ1) is 14.4. The number of rotatable bonds is 8. The number of ether oxygens (including phenoxy) is 3. The van der Waals surface area contributed by atoms with Crippen LogP contribution in [0.4, 0.5) is 5.00 Å². The van der Waals surface area contributed by atoms with Gasteiger partial charge in [-0.05, 0) is 36.3 Å². The standard InChI is InChI=1S/C21H21BrN2O5S/c1-5-6-14-9-15(21(26)29-4)20(30-14)24-19(25)13(11-23)7-12-8-17(27-2)18(28-3)10-16(12)22/h7-10H,5-6H2,1-4H3,(H,24,25)/b13-7+. The van der Waals surface area contributed by atoms with Crippen molar-refractivity contribution in [2.75, 3.05) is 26.6 Å². The van der Waals surface area contributed by atoms with Gasteiger partial charge >= 0.3 is 5.97 Å². The molecule has 2 aromatic rings. The number of amides is 1. The van der Waals surface area contributed by atoms with Gasteiger partial charge in [-0.2, -0.15) is 5.26 Å². The lowest BCUT2D eigenvalue weighted by Crippen LogP contribution is -2.15. The number of aryl methyl sites for hydroxylation is 1. The molecule has 0 saturated heterocycles. The molecule has 0 aliphatic rings. The molecule has 158 valence electrons. The summed E-state index contributed by atoms with van der Waals surface area (Å²) in [7, 11) is 4.29. The third kappa shape index (κ3) is 5.40. The first-order valence-electron chi connectivity index (χ1n) is 8.94. The maximum atomic E-state index is 12.7. The molecule has 9 heteroatoms. The number of anilines is 1. The minimum atomic E-state index is -0.630. The second kappa shape index (κ2) is 10.8. The van der Waals surface area contributed by atoms with Crippen LogP contribution >= 0.6 is 27.3 Å². The molecule has 0 spiro atoms. The molecule has 1 amide bonds. The first-order valence-corrected chi connectivity index (χ1v) is 10.5. The summed E-state index contributed by atoms with van der Waals surface area (Å²) in [5.74, 6) is -0.211. The van der Waals surface area contributed by atoms with E-state index in [1.165, 1.54) is 38.7 Å². The fourth-order valence-electron chi connectivity index (χ4n) is 2.62. The second-order valence-electron chi connectivity index (χ2n) is 6.05. The molecule has 1 N–H and O–H groups in total. The highest BCUT2D eigenvalue weighted by Crippen LogP contribution is 2.35. The van der Waals surface area contributed by atoms with E-state index in [0.29, 0.717) is 26.5 Å². The van der Waals surface area contributed by atoms with Crippen molar-refractivity contribution in [1.82, 2.24) is 0 Å². The summed E-state index contributed by atoms with van der Waals surface area (Å²) in [5.41, 5.74) is 0.693. The Morgan fingerprint density at radius 2 is 1.87 bits per heavy atom. The van der Waals surface area contributed by atoms with Gasteiger partial charge in [0.15, 0.2) is 11.5 Å². The normalized spacial score (nSPS) is 10.9. The van der Waals surface area contributed by atoms with E-state index in [0.717, 1.165) is 17.7 Å². The van der Waals surface area contributed by atoms with Crippen LogP contribution in [0, 0.1) is 11.3 Å². The third-order valence-corrected chi connectivity index (χ3v) is 5.88. The highest BCUT2D eigenvalue weighted by Gasteiger charge is 2.20. The van der Waals surface area contributed by atoms with Gasteiger partial charge in [0.05, 0.1) is 26.9 Å². The maximum absolute atomic E-state index is 12.7. The Balaban J connectivity index is 2.38. The number of hydrogen-bond acceptors (Lipinski definition) is 7. The van der Waals surface area contributed by atoms with Gasteiger partial charge in [-0.3, -0.25) is 4.79 Å². The summed E-state index contributed by atoms with van der Waals surface area (Å²) in [4.78, 5) is 25.8. The van der Waals surface area contributed by atoms with Crippen molar-refractivity contribution >= 4 is 50.2 Å². The minimum absolute atomic E-state index is 0.135. The SMILES string of the molecule is CCCc1cc(C(=O)OC)c(NC(=O)/C(C#N)=C/c2cc(OC)c(OC)cc2Br)s1. The number of carbonyl (C=O) groups excluding carboxylic acids is 2. The van der Waals surface area contributed by atoms with Crippen molar-refractivity contribution in [1.29, 1.82) is 5.26 Å². The Bertz CT molecular complexity index is 1020. The molecule has 0 fully saturated rings. The van der Waals surface area contributed by atoms with Gasteiger partial charge in [0.25, 0.3) is 5.91 Å². The van der Waals surface area contributed by atoms with Crippen LogP contribution in [0.2, 0.25) is 0 Å². The highest BCUT2D eigenvalue weighted by atomic mass is 79.9. The van der Waals surface area contributed by atoms with E-state index in [4.69, 9.17) is 14.2 Å². The molecule has 0 aliphatic heterocycles. The zero-order chi connectivity index (χ0) is 22.3. The number of hydrogen-bond donors (Lipinski definition) is 1. The molecule has 0 aliphatic carbocycles. The number of nitriles is 1. The van der Waals surface area contributed by atoms with Crippen LogP contribution in [0.15, 0.2) is 28.2 Å². The topological polar surface area (TPSA) is 97.7 Å². The van der Waals surface area contributed by atoms with Crippen molar-refractivity contribution in [3.63, 3.8) is 0 Å². The fourth-order valence-corrected chi connectivity index (χ4v) is 4.20. The molecule has 0 radical (unpaired) electrons. The van der Waals surface area contributed by atoms with Gasteiger partial charge < -0.3 is 19.5 Å². The number of esters is 1. The number of halogens is 1. The lowest BCUT2D eigenvalue weighted by molar-refractivity contribution is -0.112. The van der Waals surface area contributed by atoms with Crippen molar-refractivity contribution in [3.05, 3.63) is 44.2 Å². The van der Waals surface area contributed by atoms with Crippen LogP contribution in [-0.4, -0.2) is 33.2 Å². The van der Waals surface area contributed by atoms with Crippen LogP contribution in [0.5, 0.6) is 11.5 Å². The summed E-state index contributed by atoms with van der Waals surface area (Å²) in [6, 6.07) is 6.94. The molecule has 7 nitrogen and oxygen atoms in total. The Morgan fingerprint density at radius 3 is 2.43 bits per heavy atom. The number of benzene rings is 1. The zero-order valence-corrected chi connectivity index (χ0v) is 19.4. The van der Waals surface area contributed by atoms with E-state index in [-0.39, 0.29) is 11.1 Å². The average Bonchev–Trinajstić information content (AvgIpc) is 3.14. The smallest absolute Gasteiger partial charge is 0.340 e. The molecule has 1 heterocycles. The lowest BCUT2D eigenvalue weighted by Gasteiger charge is -2.10. The summed E-state index contributed by atoms with van der Waals surface area (Å²) in [6.07, 6.45) is 3.09. The van der Waals surface area contributed by atoms with Gasteiger partial charge in [-0.1, -0.05) is 29.3 Å². The lowest BCUT2D eigenvalue weighted by atomic mass is 10.1. The van der Waals surface area contributed by atoms with Crippen LogP contribution in [0.3, 0.4) is 0 Å². The summed E-state index contributed by atoms with van der Waals surface area (Å²) < 4.78 is 15.9. The van der Waals surface area contributed by atoms with Gasteiger partial charge in [0, 0.05) is 9.35 Å². The van der Waals surface area contributed by atoms with Crippen molar-refractivity contribution < 1.29 is 23.8 Å². The fraction of sp³-hybridized carbons (Fsp3) is 0.286. The second-order valence-corrected chi connectivity index (χ2v) is 8.04. The van der Waals surface area contributed by atoms with Crippen molar-refractivity contribution in [2.45, 2.75) is 19.8 Å². The third-order valence-electron chi connectivity index (χ3n) is 4.08. The van der Waals surface area contributed by atoms with E-state index in [9.17, 15) is 14.9 Å². The van der Waals surface area contributed by atoms with E-state index >= 15 is 0 Å². The van der Waals surface area contributed by atoms with E-state index < -0.39 is 11.9 Å². The predicted octanol–water partition coefficient (Wildman–Crippen LogP) is 4.81. The molecular weight excluding hydrogens is 472 g/mol. The Hall–Kier alpha value is -2.83. The van der Waals surface area contributed by atoms with Crippen LogP contribution in [-0.2, 0) is 16.0 Å². The first kappa shape index (κ1) is 23.4. The number of carbonyl (C=O) groups is 2. The Labute approximate surface area is 187 Å².